The third kappa shape index (κ3) is 188. The van der Waals surface area contributed by atoms with Crippen molar-refractivity contribution in [2.24, 2.45) is 0 Å². The van der Waals surface area contributed by atoms with Crippen LogP contribution in [0.2, 0.25) is 0 Å². The first-order valence-corrected chi connectivity index (χ1v) is 2.74. The molecule has 32 valence electrons. The SMILES string of the molecule is C.N.[O]=[Sn]=[O]. The van der Waals surface area contributed by atoms with Crippen molar-refractivity contribution in [3.8, 4) is 0 Å². The average molecular weight is 184 g/mol. The summed E-state index contributed by atoms with van der Waals surface area (Å²) in [5.41, 5.74) is 0. The van der Waals surface area contributed by atoms with Crippen LogP contribution in [0.15, 0.2) is 0 Å². The van der Waals surface area contributed by atoms with Gasteiger partial charge in [-0.1, -0.05) is 7.43 Å². The Morgan fingerprint density at radius 3 is 1.20 bits per heavy atom. The Morgan fingerprint density at radius 2 is 1.20 bits per heavy atom. The van der Waals surface area contributed by atoms with Gasteiger partial charge >= 0.3 is 27.3 Å². The average Bonchev–Trinajstić information content (AvgIpc) is 0.918. The van der Waals surface area contributed by atoms with Gasteiger partial charge in [0.15, 0.2) is 0 Å². The van der Waals surface area contributed by atoms with Crippen molar-refractivity contribution in [1.82, 2.24) is 6.15 Å². The monoisotopic (exact) mass is 185 g/mol. The molecule has 0 aromatic carbocycles. The van der Waals surface area contributed by atoms with Gasteiger partial charge in [-0.25, -0.2) is 0 Å². The molecule has 0 saturated heterocycles. The van der Waals surface area contributed by atoms with Crippen LogP contribution in [0.5, 0.6) is 0 Å². The fourth-order valence-electron chi connectivity index (χ4n) is 0. The summed E-state index contributed by atoms with van der Waals surface area (Å²) >= 11 is -2.27. The van der Waals surface area contributed by atoms with Crippen LogP contribution in [0.25, 0.3) is 0 Å². The first-order chi connectivity index (χ1) is 1.41. The van der Waals surface area contributed by atoms with E-state index in [1.807, 2.05) is 0 Å². The second-order valence-corrected chi connectivity index (χ2v) is 0.559. The summed E-state index contributed by atoms with van der Waals surface area (Å²) in [5, 5.41) is 0. The fraction of sp³-hybridized carbons (Fsp3) is 1.00. The van der Waals surface area contributed by atoms with Crippen LogP contribution in [0.4, 0.5) is 0 Å². The van der Waals surface area contributed by atoms with Crippen molar-refractivity contribution >= 4 is 21.1 Å². The first kappa shape index (κ1) is 18.3. The zero-order chi connectivity index (χ0) is 2.71. The van der Waals surface area contributed by atoms with Crippen LogP contribution in [0, 0.1) is 0 Å². The molecule has 0 unspecified atom stereocenters. The summed E-state index contributed by atoms with van der Waals surface area (Å²) in [6.07, 6.45) is 0. The molecule has 0 aliphatic rings. The molecule has 0 spiro atoms. The molecule has 0 saturated carbocycles. The van der Waals surface area contributed by atoms with E-state index in [0.29, 0.717) is 0 Å². The predicted molar refractivity (Wildman–Crippen MR) is 18.9 cm³/mol. The van der Waals surface area contributed by atoms with Crippen molar-refractivity contribution in [1.29, 1.82) is 0 Å². The van der Waals surface area contributed by atoms with Gasteiger partial charge in [-0.05, 0) is 0 Å². The van der Waals surface area contributed by atoms with Crippen LogP contribution in [0.3, 0.4) is 0 Å². The minimum absolute atomic E-state index is 0. The molecule has 5 heavy (non-hydrogen) atoms. The number of hydrogen-bond acceptors (Lipinski definition) is 3. The fourth-order valence-corrected chi connectivity index (χ4v) is 0. The summed E-state index contributed by atoms with van der Waals surface area (Å²) < 4.78 is 17.1. The van der Waals surface area contributed by atoms with Crippen molar-refractivity contribution in [3.63, 3.8) is 0 Å². The topological polar surface area (TPSA) is 69.1 Å². The van der Waals surface area contributed by atoms with Gasteiger partial charge in [-0.15, -0.1) is 0 Å². The van der Waals surface area contributed by atoms with Gasteiger partial charge in [-0.3, -0.25) is 0 Å². The molecular weight excluding hydrogens is 177 g/mol. The minimum atomic E-state index is -2.27. The molecule has 0 amide bonds. The van der Waals surface area contributed by atoms with Crippen molar-refractivity contribution in [3.05, 3.63) is 0 Å². The van der Waals surface area contributed by atoms with E-state index in [-0.39, 0.29) is 13.6 Å². The van der Waals surface area contributed by atoms with Crippen LogP contribution in [-0.2, 0) is 6.15 Å². The molecule has 0 atom stereocenters. The van der Waals surface area contributed by atoms with E-state index in [4.69, 9.17) is 6.15 Å². The second kappa shape index (κ2) is 26.6. The predicted octanol–water partition coefficient (Wildman–Crippen LogP) is 0.180. The molecule has 0 aliphatic carbocycles. The molecular formula is CH7NO2Sn. The Hall–Kier alpha value is 0.359. The maximum absolute atomic E-state index is 8.54. The molecule has 0 heterocycles. The molecule has 0 bridgehead atoms. The number of rotatable bonds is 0. The van der Waals surface area contributed by atoms with E-state index in [1.165, 1.54) is 0 Å². The third-order valence-electron chi connectivity index (χ3n) is 0. The van der Waals surface area contributed by atoms with E-state index >= 15 is 0 Å². The van der Waals surface area contributed by atoms with Crippen molar-refractivity contribution in [2.75, 3.05) is 0 Å². The van der Waals surface area contributed by atoms with Gasteiger partial charge < -0.3 is 6.15 Å². The standard InChI is InChI=1S/CH4.H3N.2O.Sn/h1H4;1H3;;;. The van der Waals surface area contributed by atoms with Crippen molar-refractivity contribution < 1.29 is 6.15 Å². The Morgan fingerprint density at radius 1 is 1.20 bits per heavy atom. The quantitative estimate of drug-likeness (QED) is 0.545. The zero-order valence-electron chi connectivity index (χ0n) is 2.02. The summed E-state index contributed by atoms with van der Waals surface area (Å²) in [5.74, 6) is 0. The number of hydrogen-bond donors (Lipinski definition) is 1. The normalized spacial score (nSPS) is 1.60. The van der Waals surface area contributed by atoms with E-state index in [1.54, 1.807) is 0 Å². The van der Waals surface area contributed by atoms with Crippen LogP contribution >= 0.6 is 0 Å². The van der Waals surface area contributed by atoms with Crippen LogP contribution in [0.1, 0.15) is 7.43 Å². The molecule has 4 heteroatoms. The Balaban J connectivity index is -0.0000000200. The molecule has 3 nitrogen and oxygen atoms in total. The zero-order valence-corrected chi connectivity index (χ0v) is 4.88. The second-order valence-electron chi connectivity index (χ2n) is 0.0833. The molecule has 0 rings (SSSR count). The van der Waals surface area contributed by atoms with Gasteiger partial charge in [0.25, 0.3) is 0 Å². The molecule has 0 aromatic rings. The van der Waals surface area contributed by atoms with E-state index in [9.17, 15) is 0 Å². The summed E-state index contributed by atoms with van der Waals surface area (Å²) in [6, 6.07) is 0. The van der Waals surface area contributed by atoms with Crippen LogP contribution < -0.4 is 6.15 Å². The summed E-state index contributed by atoms with van der Waals surface area (Å²) in [4.78, 5) is 0. The van der Waals surface area contributed by atoms with Gasteiger partial charge in [-0.2, -0.15) is 0 Å². The van der Waals surface area contributed by atoms with Crippen LogP contribution in [-0.4, -0.2) is 21.1 Å². The molecule has 0 aromatic heterocycles. The Kier molecular flexibility index (Phi) is 97.5. The van der Waals surface area contributed by atoms with Gasteiger partial charge in [0.05, 0.1) is 0 Å². The van der Waals surface area contributed by atoms with Gasteiger partial charge in [0.1, 0.15) is 0 Å². The van der Waals surface area contributed by atoms with Gasteiger partial charge in [0, 0.05) is 0 Å². The molecule has 3 N–H and O–H groups in total. The Labute approximate surface area is 41.3 Å². The summed E-state index contributed by atoms with van der Waals surface area (Å²) in [7, 11) is 0. The van der Waals surface area contributed by atoms with E-state index in [0.717, 1.165) is 0 Å². The third-order valence-corrected chi connectivity index (χ3v) is 0. The summed E-state index contributed by atoms with van der Waals surface area (Å²) in [6.45, 7) is 0. The van der Waals surface area contributed by atoms with Crippen molar-refractivity contribution in [2.45, 2.75) is 7.43 Å². The molecule has 0 fully saturated rings. The molecule has 0 radical (unpaired) electrons. The van der Waals surface area contributed by atoms with E-state index < -0.39 is 21.1 Å². The van der Waals surface area contributed by atoms with Gasteiger partial charge in [0.2, 0.25) is 0 Å². The molecule has 0 aliphatic heterocycles. The maximum atomic E-state index is 8.54. The van der Waals surface area contributed by atoms with E-state index in [2.05, 4.69) is 0 Å². The Bertz CT molecular complexity index is 30.6. The first-order valence-electron chi connectivity index (χ1n) is 0.408.